The van der Waals surface area contributed by atoms with Gasteiger partial charge >= 0.3 is 0 Å². The molecule has 216 valence electrons. The van der Waals surface area contributed by atoms with E-state index in [2.05, 4.69) is 26.4 Å². The zero-order chi connectivity index (χ0) is 29.8. The molecule has 0 heterocycles. The molecule has 9 N–H and O–H groups in total. The van der Waals surface area contributed by atoms with Crippen molar-refractivity contribution in [3.05, 3.63) is 77.4 Å². The summed E-state index contributed by atoms with van der Waals surface area (Å²) in [5, 5.41) is 24.8. The van der Waals surface area contributed by atoms with Crippen LogP contribution in [0.5, 0.6) is 0 Å². The topological polar surface area (TPSA) is 201 Å². The number of hydrogen-bond donors (Lipinski definition) is 7. The van der Waals surface area contributed by atoms with Gasteiger partial charge in [-0.15, -0.1) is 0 Å². The maximum atomic E-state index is 12.8. The van der Waals surface area contributed by atoms with E-state index in [9.17, 15) is 19.2 Å². The number of anilines is 1. The van der Waals surface area contributed by atoms with E-state index in [0.29, 0.717) is 42.7 Å². The zero-order valence-corrected chi connectivity index (χ0v) is 22.8. The molecule has 12 nitrogen and oxygen atoms in total. The minimum Gasteiger partial charge on any atom is -0.409 e. The summed E-state index contributed by atoms with van der Waals surface area (Å²) in [6.45, 7) is 0.621. The number of oxime groups is 1. The lowest BCUT2D eigenvalue weighted by Gasteiger charge is -2.16. The van der Waals surface area contributed by atoms with Crippen LogP contribution in [-0.4, -0.2) is 61.4 Å². The summed E-state index contributed by atoms with van der Waals surface area (Å²) in [6.07, 6.45) is 1.49. The van der Waals surface area contributed by atoms with Crippen LogP contribution in [0.25, 0.3) is 10.8 Å². The van der Waals surface area contributed by atoms with Gasteiger partial charge < -0.3 is 37.9 Å². The number of fused-ring (bicyclic) bond motifs is 1. The number of amidine groups is 1. The summed E-state index contributed by atoms with van der Waals surface area (Å²) < 4.78 is 0. The molecule has 41 heavy (non-hydrogen) atoms. The van der Waals surface area contributed by atoms with E-state index in [4.69, 9.17) is 16.7 Å². The molecule has 3 aromatic carbocycles. The lowest BCUT2D eigenvalue weighted by Crippen LogP contribution is -2.41. The summed E-state index contributed by atoms with van der Waals surface area (Å²) in [5.74, 6) is -2.79. The molecule has 0 aliphatic heterocycles. The first kappa shape index (κ1) is 30.4. The Morgan fingerprint density at radius 1 is 0.878 bits per heavy atom. The summed E-state index contributed by atoms with van der Waals surface area (Å²) in [6, 6.07) is 18.0. The zero-order valence-electron chi connectivity index (χ0n) is 22.8. The number of carbonyl (C=O) groups excluding carboxylic acids is 4. The molecule has 0 radical (unpaired) electrons. The number of nitrogens with two attached hydrogens (primary N) is 2. The second-order valence-electron chi connectivity index (χ2n) is 9.37. The lowest BCUT2D eigenvalue weighted by molar-refractivity contribution is -0.135. The Bertz CT molecular complexity index is 1420. The largest absolute Gasteiger partial charge is 0.409 e. The Labute approximate surface area is 237 Å². The van der Waals surface area contributed by atoms with E-state index in [1.54, 1.807) is 30.3 Å². The molecule has 3 aromatic rings. The number of unbranched alkanes of at least 4 members (excludes halogenated alkanes) is 1. The van der Waals surface area contributed by atoms with E-state index in [1.165, 1.54) is 7.05 Å². The van der Waals surface area contributed by atoms with Crippen LogP contribution in [-0.2, 0) is 20.8 Å². The van der Waals surface area contributed by atoms with E-state index in [1.807, 2.05) is 30.3 Å². The fourth-order valence-electron chi connectivity index (χ4n) is 4.23. The minimum atomic E-state index is -0.924. The van der Waals surface area contributed by atoms with Gasteiger partial charge in [-0.3, -0.25) is 19.2 Å². The molecule has 0 saturated carbocycles. The van der Waals surface area contributed by atoms with Crippen molar-refractivity contribution >= 4 is 45.9 Å². The highest BCUT2D eigenvalue weighted by Crippen LogP contribution is 2.24. The van der Waals surface area contributed by atoms with Gasteiger partial charge in [0.1, 0.15) is 5.92 Å². The van der Waals surface area contributed by atoms with E-state index < -0.39 is 23.6 Å². The summed E-state index contributed by atoms with van der Waals surface area (Å²) in [4.78, 5) is 49.1. The van der Waals surface area contributed by atoms with Gasteiger partial charge in [0.05, 0.1) is 12.1 Å². The van der Waals surface area contributed by atoms with Gasteiger partial charge in [0.2, 0.25) is 17.7 Å². The summed E-state index contributed by atoms with van der Waals surface area (Å²) >= 11 is 0. The fourth-order valence-corrected chi connectivity index (χ4v) is 4.23. The Morgan fingerprint density at radius 3 is 2.17 bits per heavy atom. The molecule has 12 heteroatoms. The van der Waals surface area contributed by atoms with Crippen LogP contribution in [0, 0.1) is 5.92 Å². The van der Waals surface area contributed by atoms with Crippen molar-refractivity contribution < 1.29 is 24.4 Å². The van der Waals surface area contributed by atoms with Gasteiger partial charge in [-0.05, 0) is 47.7 Å². The van der Waals surface area contributed by atoms with Gasteiger partial charge in [0.25, 0.3) is 5.91 Å². The van der Waals surface area contributed by atoms with Crippen LogP contribution in [0.4, 0.5) is 5.69 Å². The van der Waals surface area contributed by atoms with Gasteiger partial charge in [-0.25, -0.2) is 0 Å². The average Bonchev–Trinajstić information content (AvgIpc) is 2.99. The Morgan fingerprint density at radius 2 is 1.54 bits per heavy atom. The van der Waals surface area contributed by atoms with Crippen LogP contribution in [0.1, 0.15) is 34.3 Å². The highest BCUT2D eigenvalue weighted by molar-refractivity contribution is 6.05. The molecule has 1 atom stereocenters. The third-order valence-electron chi connectivity index (χ3n) is 6.45. The maximum Gasteiger partial charge on any atom is 0.253 e. The molecule has 0 aliphatic carbocycles. The predicted octanol–water partition coefficient (Wildman–Crippen LogP) is 1.06. The third-order valence-corrected chi connectivity index (χ3v) is 6.45. The first-order chi connectivity index (χ1) is 19.7. The molecular weight excluding hydrogens is 526 g/mol. The number of carbonyl (C=O) groups is 4. The summed E-state index contributed by atoms with van der Waals surface area (Å²) in [7, 11) is 1.48. The van der Waals surface area contributed by atoms with Crippen molar-refractivity contribution in [3.63, 3.8) is 0 Å². The lowest BCUT2D eigenvalue weighted by atomic mass is 9.96. The molecule has 0 aliphatic rings. The van der Waals surface area contributed by atoms with Crippen LogP contribution >= 0.6 is 0 Å². The number of benzene rings is 3. The van der Waals surface area contributed by atoms with E-state index in [0.717, 1.165) is 16.3 Å². The Hall–Kier alpha value is -5.13. The highest BCUT2D eigenvalue weighted by Gasteiger charge is 2.26. The summed E-state index contributed by atoms with van der Waals surface area (Å²) in [5.41, 5.74) is 13.0. The van der Waals surface area contributed by atoms with Crippen molar-refractivity contribution in [2.24, 2.45) is 22.5 Å². The van der Waals surface area contributed by atoms with Crippen molar-refractivity contribution in [2.45, 2.75) is 19.3 Å². The molecule has 0 saturated heterocycles. The minimum absolute atomic E-state index is 0.0326. The number of rotatable bonds is 14. The SMILES string of the molecule is CNC(=O)[C@H](Cc1ccc(/C(N)=N/O)cc1)C(=O)NCCCCNc1cc2ccccc2cc1C(=O)NCC(N)=O. The Kier molecular flexibility index (Phi) is 11.0. The molecule has 0 unspecified atom stereocenters. The molecule has 3 rings (SSSR count). The first-order valence-electron chi connectivity index (χ1n) is 13.1. The maximum absolute atomic E-state index is 12.8. The number of nitrogens with one attached hydrogen (secondary N) is 4. The van der Waals surface area contributed by atoms with E-state index >= 15 is 0 Å². The van der Waals surface area contributed by atoms with Gasteiger partial charge in [0, 0.05) is 31.4 Å². The molecule has 0 bridgehead atoms. The monoisotopic (exact) mass is 561 g/mol. The number of primary amides is 1. The van der Waals surface area contributed by atoms with Gasteiger partial charge in [0.15, 0.2) is 5.84 Å². The van der Waals surface area contributed by atoms with Gasteiger partial charge in [-0.2, -0.15) is 0 Å². The molecule has 0 spiro atoms. The molecule has 0 aromatic heterocycles. The molecule has 0 fully saturated rings. The van der Waals surface area contributed by atoms with Crippen LogP contribution < -0.4 is 32.7 Å². The van der Waals surface area contributed by atoms with Crippen LogP contribution in [0.2, 0.25) is 0 Å². The molecular formula is C29H35N7O5. The van der Waals surface area contributed by atoms with Gasteiger partial charge in [-0.1, -0.05) is 53.7 Å². The van der Waals surface area contributed by atoms with Crippen molar-refractivity contribution in [2.75, 3.05) is 32.0 Å². The predicted molar refractivity (Wildman–Crippen MR) is 156 cm³/mol. The third kappa shape index (κ3) is 8.68. The number of amides is 4. The van der Waals surface area contributed by atoms with E-state index in [-0.39, 0.29) is 24.7 Å². The second kappa shape index (κ2) is 14.9. The number of nitrogens with zero attached hydrogens (tertiary/aromatic N) is 1. The second-order valence-corrected chi connectivity index (χ2v) is 9.37. The Balaban J connectivity index is 1.54. The quantitative estimate of drug-likeness (QED) is 0.0381. The van der Waals surface area contributed by atoms with Crippen LogP contribution in [0.3, 0.4) is 0 Å². The first-order valence-corrected chi connectivity index (χ1v) is 13.1. The highest BCUT2D eigenvalue weighted by atomic mass is 16.4. The van der Waals surface area contributed by atoms with Crippen molar-refractivity contribution in [1.29, 1.82) is 0 Å². The normalized spacial score (nSPS) is 11.9. The molecule has 4 amide bonds. The van der Waals surface area contributed by atoms with Crippen molar-refractivity contribution in [3.8, 4) is 0 Å². The standard InChI is InChI=1S/C29H35N7O5/c1-32-27(38)23(14-18-8-10-19(11-9-18)26(31)36-41)29(40)34-13-5-4-12-33-24-16-21-7-3-2-6-20(21)15-22(24)28(39)35-17-25(30)37/h2-3,6-11,15-16,23,33,41H,4-5,12-14,17H2,1H3,(H2,30,37)(H2,31,36)(H,32,38)(H,34,40)(H,35,39)/t23-/m0/s1. The number of hydrogen-bond acceptors (Lipinski definition) is 7. The smallest absolute Gasteiger partial charge is 0.253 e. The van der Waals surface area contributed by atoms with Crippen molar-refractivity contribution in [1.82, 2.24) is 16.0 Å². The fraction of sp³-hybridized carbons (Fsp3) is 0.276. The average molecular weight is 562 g/mol. The van der Waals surface area contributed by atoms with Crippen LogP contribution in [0.15, 0.2) is 65.8 Å².